The Morgan fingerprint density at radius 2 is 2.08 bits per heavy atom. The first-order valence-corrected chi connectivity index (χ1v) is 9.47. The number of imidazole rings is 1. The summed E-state index contributed by atoms with van der Waals surface area (Å²) in [6, 6.07) is 11.7. The molecule has 0 spiro atoms. The van der Waals surface area contributed by atoms with Gasteiger partial charge in [-0.05, 0) is 36.6 Å². The van der Waals surface area contributed by atoms with Gasteiger partial charge in [-0.25, -0.2) is 9.37 Å². The number of thioether (sulfide) groups is 1. The quantitative estimate of drug-likeness (QED) is 0.596. The van der Waals surface area contributed by atoms with Crippen LogP contribution in [0.4, 0.5) is 4.39 Å². The first-order valence-electron chi connectivity index (χ1n) is 7.87. The summed E-state index contributed by atoms with van der Waals surface area (Å²) in [6.45, 7) is 0.0930. The highest BCUT2D eigenvalue weighted by Crippen LogP contribution is 2.22. The second kappa shape index (κ2) is 7.93. The standard InChI is InChI=1S/C19H17ClFN3OS/c1-23(12-15-16(20)7-4-8-17(15)21)18(25)13-5-3-6-14(11-13)24-10-9-22-19(24)26-2/h3-11H,12H2,1-2H3. The third kappa shape index (κ3) is 3.76. The van der Waals surface area contributed by atoms with Crippen LogP contribution in [0.25, 0.3) is 5.69 Å². The second-order valence-corrected chi connectivity index (χ2v) is 6.88. The fraction of sp³-hybridized carbons (Fsp3) is 0.158. The second-order valence-electron chi connectivity index (χ2n) is 5.70. The van der Waals surface area contributed by atoms with E-state index in [0.717, 1.165) is 10.8 Å². The molecule has 7 heteroatoms. The Hall–Kier alpha value is -2.31. The third-order valence-corrected chi connectivity index (χ3v) is 4.99. The molecule has 0 radical (unpaired) electrons. The number of halogens is 2. The van der Waals surface area contributed by atoms with Gasteiger partial charge in [0.1, 0.15) is 5.82 Å². The van der Waals surface area contributed by atoms with Crippen LogP contribution in [0.1, 0.15) is 15.9 Å². The van der Waals surface area contributed by atoms with E-state index < -0.39 is 5.82 Å². The highest BCUT2D eigenvalue weighted by molar-refractivity contribution is 7.98. The van der Waals surface area contributed by atoms with Crippen molar-refractivity contribution in [3.8, 4) is 5.69 Å². The summed E-state index contributed by atoms with van der Waals surface area (Å²) in [6.07, 6.45) is 5.50. The predicted octanol–water partition coefficient (Wildman–Crippen LogP) is 4.66. The molecule has 26 heavy (non-hydrogen) atoms. The highest BCUT2D eigenvalue weighted by atomic mass is 35.5. The monoisotopic (exact) mass is 389 g/mol. The summed E-state index contributed by atoms with van der Waals surface area (Å²) in [5.74, 6) is -0.633. The number of hydrogen-bond acceptors (Lipinski definition) is 3. The average molecular weight is 390 g/mol. The predicted molar refractivity (Wildman–Crippen MR) is 103 cm³/mol. The Morgan fingerprint density at radius 3 is 2.81 bits per heavy atom. The smallest absolute Gasteiger partial charge is 0.253 e. The first-order chi connectivity index (χ1) is 12.5. The van der Waals surface area contributed by atoms with Gasteiger partial charge < -0.3 is 4.90 Å². The molecule has 0 atom stereocenters. The van der Waals surface area contributed by atoms with Crippen LogP contribution in [-0.2, 0) is 6.54 Å². The Labute approximate surface area is 160 Å². The van der Waals surface area contributed by atoms with E-state index in [9.17, 15) is 9.18 Å². The lowest BCUT2D eigenvalue weighted by atomic mass is 10.1. The Bertz CT molecular complexity index is 924. The Balaban J connectivity index is 1.85. The van der Waals surface area contributed by atoms with Crippen molar-refractivity contribution in [1.82, 2.24) is 14.5 Å². The molecule has 0 aliphatic rings. The first kappa shape index (κ1) is 18.5. The molecule has 4 nitrogen and oxygen atoms in total. The minimum atomic E-state index is -0.422. The zero-order valence-corrected chi connectivity index (χ0v) is 15.9. The lowest BCUT2D eigenvalue weighted by Gasteiger charge is -2.19. The van der Waals surface area contributed by atoms with Crippen molar-refractivity contribution < 1.29 is 9.18 Å². The molecule has 0 saturated heterocycles. The number of carbonyl (C=O) groups excluding carboxylic acids is 1. The molecular formula is C19H17ClFN3OS. The van der Waals surface area contributed by atoms with Crippen LogP contribution in [0.2, 0.25) is 5.02 Å². The van der Waals surface area contributed by atoms with Crippen molar-refractivity contribution in [3.05, 3.63) is 76.8 Å². The molecule has 0 bridgehead atoms. The number of hydrogen-bond donors (Lipinski definition) is 0. The van der Waals surface area contributed by atoms with Crippen LogP contribution in [-0.4, -0.2) is 33.7 Å². The van der Waals surface area contributed by atoms with Gasteiger partial charge in [-0.2, -0.15) is 0 Å². The summed E-state index contributed by atoms with van der Waals surface area (Å²) in [7, 11) is 1.63. The molecule has 0 saturated carbocycles. The SMILES string of the molecule is CSc1nccn1-c1cccc(C(=O)N(C)Cc2c(F)cccc2Cl)c1. The number of carbonyl (C=O) groups is 1. The maximum atomic E-state index is 14.0. The van der Waals surface area contributed by atoms with Gasteiger partial charge in [-0.3, -0.25) is 9.36 Å². The zero-order valence-electron chi connectivity index (χ0n) is 14.3. The fourth-order valence-corrected chi connectivity index (χ4v) is 3.39. The van der Waals surface area contributed by atoms with Gasteiger partial charge >= 0.3 is 0 Å². The van der Waals surface area contributed by atoms with E-state index in [2.05, 4.69) is 4.98 Å². The molecule has 3 rings (SSSR count). The molecule has 1 aromatic heterocycles. The maximum absolute atomic E-state index is 14.0. The van der Waals surface area contributed by atoms with Crippen LogP contribution >= 0.6 is 23.4 Å². The molecule has 0 fully saturated rings. The Kier molecular flexibility index (Phi) is 5.64. The molecular weight excluding hydrogens is 373 g/mol. The molecule has 134 valence electrons. The number of amides is 1. The molecule has 0 unspecified atom stereocenters. The molecule has 3 aromatic rings. The van der Waals surface area contributed by atoms with Crippen LogP contribution in [0.5, 0.6) is 0 Å². The molecule has 1 amide bonds. The van der Waals surface area contributed by atoms with Gasteiger partial charge in [0.05, 0.1) is 0 Å². The molecule has 0 aliphatic carbocycles. The van der Waals surface area contributed by atoms with Crippen LogP contribution in [0.15, 0.2) is 60.0 Å². The minimum Gasteiger partial charge on any atom is -0.337 e. The molecule has 2 aromatic carbocycles. The number of benzene rings is 2. The van der Waals surface area contributed by atoms with E-state index in [1.807, 2.05) is 29.2 Å². The summed E-state index contributed by atoms with van der Waals surface area (Å²) < 4.78 is 15.9. The minimum absolute atomic E-state index is 0.0930. The largest absolute Gasteiger partial charge is 0.337 e. The van der Waals surface area contributed by atoms with Gasteiger partial charge in [-0.1, -0.05) is 35.5 Å². The van der Waals surface area contributed by atoms with Crippen molar-refractivity contribution in [2.45, 2.75) is 11.7 Å². The van der Waals surface area contributed by atoms with Gasteiger partial charge in [0.15, 0.2) is 5.16 Å². The summed E-state index contributed by atoms with van der Waals surface area (Å²) in [5, 5.41) is 1.14. The van der Waals surface area contributed by atoms with E-state index in [1.165, 1.54) is 22.7 Å². The van der Waals surface area contributed by atoms with Crippen LogP contribution < -0.4 is 0 Å². The summed E-state index contributed by atoms with van der Waals surface area (Å²) in [5.41, 5.74) is 1.66. The van der Waals surface area contributed by atoms with E-state index in [0.29, 0.717) is 16.1 Å². The van der Waals surface area contributed by atoms with Gasteiger partial charge in [-0.15, -0.1) is 0 Å². The average Bonchev–Trinajstić information content (AvgIpc) is 3.13. The third-order valence-electron chi connectivity index (χ3n) is 3.96. The van der Waals surface area contributed by atoms with Crippen molar-refractivity contribution in [3.63, 3.8) is 0 Å². The van der Waals surface area contributed by atoms with Crippen molar-refractivity contribution >= 4 is 29.3 Å². The maximum Gasteiger partial charge on any atom is 0.253 e. The van der Waals surface area contributed by atoms with Crippen LogP contribution in [0, 0.1) is 5.82 Å². The van der Waals surface area contributed by atoms with Crippen molar-refractivity contribution in [2.75, 3.05) is 13.3 Å². The van der Waals surface area contributed by atoms with Gasteiger partial charge in [0.2, 0.25) is 0 Å². The fourth-order valence-electron chi connectivity index (χ4n) is 2.64. The normalized spacial score (nSPS) is 10.8. The molecule has 0 N–H and O–H groups in total. The van der Waals surface area contributed by atoms with Gasteiger partial charge in [0, 0.05) is 47.8 Å². The Morgan fingerprint density at radius 1 is 1.31 bits per heavy atom. The van der Waals surface area contributed by atoms with Gasteiger partial charge in [0.25, 0.3) is 5.91 Å². The number of aromatic nitrogens is 2. The van der Waals surface area contributed by atoms with Crippen molar-refractivity contribution in [2.24, 2.45) is 0 Å². The lowest BCUT2D eigenvalue weighted by Crippen LogP contribution is -2.27. The molecule has 0 aliphatic heterocycles. The van der Waals surface area contributed by atoms with Crippen LogP contribution in [0.3, 0.4) is 0 Å². The highest BCUT2D eigenvalue weighted by Gasteiger charge is 2.17. The van der Waals surface area contributed by atoms with E-state index in [4.69, 9.17) is 11.6 Å². The molecule has 1 heterocycles. The zero-order chi connectivity index (χ0) is 18.7. The topological polar surface area (TPSA) is 38.1 Å². The summed E-state index contributed by atoms with van der Waals surface area (Å²) >= 11 is 7.58. The number of rotatable bonds is 5. The van der Waals surface area contributed by atoms with E-state index in [1.54, 1.807) is 37.5 Å². The number of nitrogens with zero attached hydrogens (tertiary/aromatic N) is 3. The van der Waals surface area contributed by atoms with Crippen molar-refractivity contribution in [1.29, 1.82) is 0 Å². The summed E-state index contributed by atoms with van der Waals surface area (Å²) in [4.78, 5) is 18.5. The lowest BCUT2D eigenvalue weighted by molar-refractivity contribution is 0.0784. The van der Waals surface area contributed by atoms with E-state index >= 15 is 0 Å². The van der Waals surface area contributed by atoms with E-state index in [-0.39, 0.29) is 12.5 Å².